The zero-order valence-corrected chi connectivity index (χ0v) is 16.6. The van der Waals surface area contributed by atoms with Crippen LogP contribution in [-0.2, 0) is 25.7 Å². The van der Waals surface area contributed by atoms with E-state index in [0.29, 0.717) is 17.1 Å². The predicted octanol–water partition coefficient (Wildman–Crippen LogP) is 0.962. The van der Waals surface area contributed by atoms with Gasteiger partial charge in [0.2, 0.25) is 6.04 Å². The minimum Gasteiger partial charge on any atom is -0.467 e. The highest BCUT2D eigenvalue weighted by Gasteiger charge is 2.36. The summed E-state index contributed by atoms with van der Waals surface area (Å²) in [5, 5.41) is 8.93. The number of rotatable bonds is 5. The maximum Gasteiger partial charge on any atom is 0.340 e. The minimum absolute atomic E-state index is 0.201. The molecule has 8 nitrogen and oxygen atoms in total. The van der Waals surface area contributed by atoms with Crippen LogP contribution in [0.3, 0.4) is 0 Å². The molecule has 0 saturated heterocycles. The van der Waals surface area contributed by atoms with Crippen LogP contribution in [0.2, 0.25) is 0 Å². The molecule has 0 aliphatic heterocycles. The molecule has 8 heteroatoms. The highest BCUT2D eigenvalue weighted by molar-refractivity contribution is 6.05. The zero-order valence-electron chi connectivity index (χ0n) is 16.6. The summed E-state index contributed by atoms with van der Waals surface area (Å²) in [6.07, 6.45) is 0. The zero-order chi connectivity index (χ0) is 22.1. The largest absolute Gasteiger partial charge is 0.467 e. The van der Waals surface area contributed by atoms with Crippen LogP contribution in [0.1, 0.15) is 27.4 Å². The van der Waals surface area contributed by atoms with E-state index in [1.165, 1.54) is 19.2 Å². The van der Waals surface area contributed by atoms with Gasteiger partial charge in [-0.2, -0.15) is 0 Å². The molecule has 1 N–H and O–H groups in total. The van der Waals surface area contributed by atoms with Crippen LogP contribution in [0.5, 0.6) is 0 Å². The second kappa shape index (κ2) is 10.5. The fourth-order valence-electron chi connectivity index (χ4n) is 2.38. The van der Waals surface area contributed by atoms with Crippen molar-refractivity contribution < 1.29 is 33.4 Å². The molecule has 0 bridgehead atoms. The van der Waals surface area contributed by atoms with E-state index in [9.17, 15) is 14.4 Å². The Hall–Kier alpha value is -4.01. The number of ether oxygens (including phenoxy) is 2. The third kappa shape index (κ3) is 5.51. The Balaban J connectivity index is 2.10. The van der Waals surface area contributed by atoms with Gasteiger partial charge in [0.1, 0.15) is 12.4 Å². The number of nitrogens with zero attached hydrogens (tertiary/aromatic N) is 1. The molecular weight excluding hydrogens is 390 g/mol. The molecule has 2 aromatic rings. The first-order valence-electron chi connectivity index (χ1n) is 8.65. The van der Waals surface area contributed by atoms with Gasteiger partial charge in [-0.1, -0.05) is 5.92 Å². The number of likely N-dealkylation sites (N-methyl/N-ethyl adjacent to an activating group) is 1. The van der Waals surface area contributed by atoms with Crippen molar-refractivity contribution in [3.8, 4) is 23.7 Å². The van der Waals surface area contributed by atoms with E-state index in [2.05, 4.69) is 33.2 Å². The Morgan fingerprint density at radius 2 is 1.60 bits per heavy atom. The summed E-state index contributed by atoms with van der Waals surface area (Å²) in [5.74, 6) is 9.26. The number of esters is 2. The van der Waals surface area contributed by atoms with E-state index >= 15 is 0 Å². The second-order valence-electron chi connectivity index (χ2n) is 5.87. The topological polar surface area (TPSA) is 106 Å². The third-order valence-electron chi connectivity index (χ3n) is 3.96. The Bertz CT molecular complexity index is 1030. The van der Waals surface area contributed by atoms with E-state index < -0.39 is 23.9 Å². The summed E-state index contributed by atoms with van der Waals surface area (Å²) in [4.78, 5) is 37.2. The summed E-state index contributed by atoms with van der Waals surface area (Å²) < 4.78 is 14.4. The molecule has 1 heterocycles. The predicted molar refractivity (Wildman–Crippen MR) is 105 cm³/mol. The van der Waals surface area contributed by atoms with Gasteiger partial charge >= 0.3 is 11.9 Å². The Morgan fingerprint density at radius 1 is 1.00 bits per heavy atom. The van der Waals surface area contributed by atoms with Crippen molar-refractivity contribution >= 4 is 17.8 Å². The van der Waals surface area contributed by atoms with Crippen molar-refractivity contribution in [3.63, 3.8) is 0 Å². The van der Waals surface area contributed by atoms with Crippen LogP contribution in [0.15, 0.2) is 40.8 Å². The molecule has 0 saturated carbocycles. The van der Waals surface area contributed by atoms with Gasteiger partial charge in [-0.3, -0.25) is 4.79 Å². The van der Waals surface area contributed by atoms with Crippen molar-refractivity contribution in [1.29, 1.82) is 0 Å². The smallest absolute Gasteiger partial charge is 0.340 e. The first kappa shape index (κ1) is 22.3. The van der Waals surface area contributed by atoms with Crippen LogP contribution in [0.4, 0.5) is 0 Å². The lowest BCUT2D eigenvalue weighted by molar-refractivity contribution is -0.158. The highest BCUT2D eigenvalue weighted by atomic mass is 16.5. The average molecular weight is 409 g/mol. The van der Waals surface area contributed by atoms with Crippen LogP contribution in [0, 0.1) is 23.7 Å². The number of aliphatic hydroxyl groups excluding tert-OH is 1. The van der Waals surface area contributed by atoms with E-state index in [-0.39, 0.29) is 12.2 Å². The number of furan rings is 1. The fraction of sp³-hybridized carbons (Fsp3) is 0.227. The lowest BCUT2D eigenvalue weighted by Gasteiger charge is -2.24. The molecule has 0 spiro atoms. The number of aliphatic hydroxyl groups is 1. The first-order chi connectivity index (χ1) is 14.4. The van der Waals surface area contributed by atoms with E-state index in [1.54, 1.807) is 24.3 Å². The number of benzene rings is 1. The van der Waals surface area contributed by atoms with Crippen LogP contribution in [0.25, 0.3) is 0 Å². The Morgan fingerprint density at radius 3 is 2.13 bits per heavy atom. The van der Waals surface area contributed by atoms with Crippen LogP contribution in [-0.4, -0.2) is 55.2 Å². The van der Waals surface area contributed by atoms with Crippen molar-refractivity contribution in [2.45, 2.75) is 12.6 Å². The molecule has 0 atom stereocenters. The molecule has 0 aliphatic rings. The summed E-state index contributed by atoms with van der Waals surface area (Å²) in [6, 6.07) is 8.00. The molecule has 0 aliphatic carbocycles. The number of hydrogen-bond acceptors (Lipinski definition) is 7. The molecule has 1 aromatic heterocycles. The Labute approximate surface area is 173 Å². The molecule has 0 radical (unpaired) electrons. The lowest BCUT2D eigenvalue weighted by atomic mass is 10.1. The summed E-state index contributed by atoms with van der Waals surface area (Å²) >= 11 is 0. The van der Waals surface area contributed by atoms with E-state index in [4.69, 9.17) is 9.52 Å². The highest BCUT2D eigenvalue weighted by Crippen LogP contribution is 2.11. The fourth-order valence-corrected chi connectivity index (χ4v) is 2.38. The van der Waals surface area contributed by atoms with Gasteiger partial charge in [-0.25, -0.2) is 9.59 Å². The molecular formula is C22H19NO7. The average Bonchev–Trinajstić information content (AvgIpc) is 3.24. The van der Waals surface area contributed by atoms with Crippen molar-refractivity contribution in [1.82, 2.24) is 4.90 Å². The van der Waals surface area contributed by atoms with Gasteiger partial charge in [0.05, 0.1) is 14.2 Å². The van der Waals surface area contributed by atoms with E-state index in [1.807, 2.05) is 0 Å². The molecule has 2 rings (SSSR count). The van der Waals surface area contributed by atoms with Gasteiger partial charge in [0.25, 0.3) is 5.91 Å². The van der Waals surface area contributed by atoms with Gasteiger partial charge < -0.3 is 23.9 Å². The first-order valence-corrected chi connectivity index (χ1v) is 8.65. The SMILES string of the molecule is COC(=O)C(C(=O)OC)N(C)C(=O)c1ccc(C#CC#Cc2ccc(CO)o2)cc1. The van der Waals surface area contributed by atoms with Gasteiger partial charge in [0, 0.05) is 18.2 Å². The Kier molecular flexibility index (Phi) is 7.81. The second-order valence-corrected chi connectivity index (χ2v) is 5.87. The number of methoxy groups -OCH3 is 2. The molecule has 1 amide bonds. The van der Waals surface area contributed by atoms with E-state index in [0.717, 1.165) is 19.1 Å². The number of hydrogen-bond donors (Lipinski definition) is 1. The number of carbonyl (C=O) groups is 3. The standard InChI is InChI=1S/C22H19NO7/c1-23(19(21(26)28-2)22(27)29-3)20(25)16-10-8-15(9-11-16)6-4-5-7-17-12-13-18(14-24)30-17/h8-13,19,24H,14H2,1-3H3. The van der Waals surface area contributed by atoms with Crippen molar-refractivity contribution in [3.05, 3.63) is 59.0 Å². The van der Waals surface area contributed by atoms with Crippen LogP contribution < -0.4 is 0 Å². The molecule has 30 heavy (non-hydrogen) atoms. The number of amides is 1. The van der Waals surface area contributed by atoms with Gasteiger partial charge in [0.15, 0.2) is 5.76 Å². The molecule has 1 aromatic carbocycles. The lowest BCUT2D eigenvalue weighted by Crippen LogP contribution is -2.48. The monoisotopic (exact) mass is 409 g/mol. The van der Waals surface area contributed by atoms with Gasteiger partial charge in [-0.15, -0.1) is 0 Å². The summed E-state index contributed by atoms with van der Waals surface area (Å²) in [5.41, 5.74) is 0.857. The van der Waals surface area contributed by atoms with Crippen molar-refractivity contribution in [2.75, 3.05) is 21.3 Å². The third-order valence-corrected chi connectivity index (χ3v) is 3.96. The summed E-state index contributed by atoms with van der Waals surface area (Å²) in [7, 11) is 3.54. The minimum atomic E-state index is -1.50. The number of carbonyl (C=O) groups excluding carboxylic acids is 3. The maximum atomic E-state index is 12.6. The molecule has 0 fully saturated rings. The normalized spacial score (nSPS) is 9.63. The molecule has 0 unspecified atom stereocenters. The molecule has 154 valence electrons. The van der Waals surface area contributed by atoms with Gasteiger partial charge in [-0.05, 0) is 54.2 Å². The maximum absolute atomic E-state index is 12.6. The quantitative estimate of drug-likeness (QED) is 0.445. The van der Waals surface area contributed by atoms with Crippen LogP contribution >= 0.6 is 0 Å². The van der Waals surface area contributed by atoms with Crippen molar-refractivity contribution in [2.24, 2.45) is 0 Å². The summed E-state index contributed by atoms with van der Waals surface area (Å²) in [6.45, 7) is -0.201.